The van der Waals surface area contributed by atoms with Crippen LogP contribution in [0.5, 0.6) is 0 Å². The Hall–Kier alpha value is -0.0800. The summed E-state index contributed by atoms with van der Waals surface area (Å²) in [5.41, 5.74) is -0.267. The lowest BCUT2D eigenvalue weighted by Gasteiger charge is -2.13. The topological polar surface area (TPSA) is 29.5 Å². The van der Waals surface area contributed by atoms with Gasteiger partial charge in [0.05, 0.1) is 5.60 Å². The van der Waals surface area contributed by atoms with Crippen LogP contribution in [0, 0.1) is 11.8 Å². The second-order valence-corrected chi connectivity index (χ2v) is 4.23. The van der Waals surface area contributed by atoms with Crippen molar-refractivity contribution in [3.63, 3.8) is 0 Å². The minimum Gasteiger partial charge on any atom is -0.389 e. The standard InChI is InChI=1S/C10H18O2/c1-12-7-3-6-10(11)8-4-2-5-9(8)10/h8-9,11H,2-7H2,1H3. The van der Waals surface area contributed by atoms with E-state index in [0.717, 1.165) is 19.4 Å². The van der Waals surface area contributed by atoms with Crippen LogP contribution >= 0.6 is 0 Å². The molecule has 0 spiro atoms. The molecule has 0 aromatic heterocycles. The van der Waals surface area contributed by atoms with E-state index in [1.807, 2.05) is 0 Å². The summed E-state index contributed by atoms with van der Waals surface area (Å²) in [6, 6.07) is 0. The van der Waals surface area contributed by atoms with Crippen LogP contribution in [-0.2, 0) is 4.74 Å². The Kier molecular flexibility index (Phi) is 2.13. The van der Waals surface area contributed by atoms with Crippen molar-refractivity contribution < 1.29 is 9.84 Å². The summed E-state index contributed by atoms with van der Waals surface area (Å²) in [5, 5.41) is 10.1. The maximum absolute atomic E-state index is 10.1. The van der Waals surface area contributed by atoms with Gasteiger partial charge in [-0.1, -0.05) is 6.42 Å². The molecule has 2 aliphatic rings. The van der Waals surface area contributed by atoms with Crippen molar-refractivity contribution in [2.24, 2.45) is 11.8 Å². The molecule has 2 saturated carbocycles. The van der Waals surface area contributed by atoms with Crippen molar-refractivity contribution in [3.8, 4) is 0 Å². The Balaban J connectivity index is 1.74. The maximum atomic E-state index is 10.1. The van der Waals surface area contributed by atoms with Gasteiger partial charge in [0.25, 0.3) is 0 Å². The monoisotopic (exact) mass is 170 g/mol. The highest BCUT2D eigenvalue weighted by Crippen LogP contribution is 2.62. The largest absolute Gasteiger partial charge is 0.389 e. The van der Waals surface area contributed by atoms with Crippen LogP contribution in [0.2, 0.25) is 0 Å². The molecule has 1 N–H and O–H groups in total. The molecule has 0 heterocycles. The third kappa shape index (κ3) is 1.17. The lowest BCUT2D eigenvalue weighted by Crippen LogP contribution is -2.16. The van der Waals surface area contributed by atoms with Gasteiger partial charge < -0.3 is 9.84 Å². The molecule has 2 atom stereocenters. The molecule has 2 nitrogen and oxygen atoms in total. The van der Waals surface area contributed by atoms with Crippen molar-refractivity contribution >= 4 is 0 Å². The van der Waals surface area contributed by atoms with E-state index in [1.165, 1.54) is 19.3 Å². The molecule has 2 rings (SSSR count). The molecule has 2 fully saturated rings. The van der Waals surface area contributed by atoms with E-state index in [4.69, 9.17) is 4.74 Å². The van der Waals surface area contributed by atoms with Crippen molar-refractivity contribution in [1.82, 2.24) is 0 Å². The first-order chi connectivity index (χ1) is 5.79. The molecule has 0 bridgehead atoms. The van der Waals surface area contributed by atoms with E-state index in [0.29, 0.717) is 11.8 Å². The number of hydrogen-bond acceptors (Lipinski definition) is 2. The molecule has 0 amide bonds. The number of fused-ring (bicyclic) bond motifs is 1. The lowest BCUT2D eigenvalue weighted by atomic mass is 10.0. The van der Waals surface area contributed by atoms with Crippen LogP contribution in [0.1, 0.15) is 32.1 Å². The van der Waals surface area contributed by atoms with Crippen LogP contribution in [0.4, 0.5) is 0 Å². The fourth-order valence-corrected chi connectivity index (χ4v) is 2.92. The van der Waals surface area contributed by atoms with Gasteiger partial charge in [-0.2, -0.15) is 0 Å². The smallest absolute Gasteiger partial charge is 0.0712 e. The Morgan fingerprint density at radius 3 is 2.67 bits per heavy atom. The summed E-state index contributed by atoms with van der Waals surface area (Å²) < 4.78 is 4.98. The molecule has 0 radical (unpaired) electrons. The van der Waals surface area contributed by atoms with E-state index in [-0.39, 0.29) is 5.60 Å². The average Bonchev–Trinajstić information content (AvgIpc) is 2.54. The fraction of sp³-hybridized carbons (Fsp3) is 1.00. The Bertz CT molecular complexity index is 157. The maximum Gasteiger partial charge on any atom is 0.0712 e. The molecule has 2 heteroatoms. The van der Waals surface area contributed by atoms with Gasteiger partial charge in [-0.25, -0.2) is 0 Å². The van der Waals surface area contributed by atoms with Gasteiger partial charge in [-0.15, -0.1) is 0 Å². The summed E-state index contributed by atoms with van der Waals surface area (Å²) in [6.45, 7) is 0.793. The number of hydrogen-bond donors (Lipinski definition) is 1. The third-order valence-electron chi connectivity index (χ3n) is 3.62. The number of rotatable bonds is 4. The van der Waals surface area contributed by atoms with Crippen LogP contribution in [0.25, 0.3) is 0 Å². The zero-order valence-corrected chi connectivity index (χ0v) is 7.75. The second kappa shape index (κ2) is 3.00. The zero-order valence-electron chi connectivity index (χ0n) is 7.75. The first-order valence-electron chi connectivity index (χ1n) is 5.00. The molecule has 0 aromatic carbocycles. The van der Waals surface area contributed by atoms with E-state index in [2.05, 4.69) is 0 Å². The normalized spacial score (nSPS) is 44.5. The third-order valence-corrected chi connectivity index (χ3v) is 3.62. The number of aliphatic hydroxyl groups is 1. The van der Waals surface area contributed by atoms with Gasteiger partial charge in [0.2, 0.25) is 0 Å². The summed E-state index contributed by atoms with van der Waals surface area (Å²) in [4.78, 5) is 0. The minimum absolute atomic E-state index is 0.267. The minimum atomic E-state index is -0.267. The summed E-state index contributed by atoms with van der Waals surface area (Å²) >= 11 is 0. The van der Waals surface area contributed by atoms with Gasteiger partial charge in [0.15, 0.2) is 0 Å². The highest BCUT2D eigenvalue weighted by molar-refractivity contribution is 5.14. The molecule has 12 heavy (non-hydrogen) atoms. The van der Waals surface area contributed by atoms with E-state index >= 15 is 0 Å². The summed E-state index contributed by atoms with van der Waals surface area (Å²) in [6.07, 6.45) is 5.82. The molecule has 0 saturated heterocycles. The molecular weight excluding hydrogens is 152 g/mol. The quantitative estimate of drug-likeness (QED) is 0.649. The second-order valence-electron chi connectivity index (χ2n) is 4.23. The summed E-state index contributed by atoms with van der Waals surface area (Å²) in [5.74, 6) is 1.30. The highest BCUT2D eigenvalue weighted by Gasteiger charge is 2.64. The number of ether oxygens (including phenoxy) is 1. The molecule has 0 aliphatic heterocycles. The van der Waals surface area contributed by atoms with Gasteiger partial charge in [0.1, 0.15) is 0 Å². The van der Waals surface area contributed by atoms with E-state index < -0.39 is 0 Å². The lowest BCUT2D eigenvalue weighted by molar-refractivity contribution is 0.0819. The Morgan fingerprint density at radius 2 is 2.08 bits per heavy atom. The molecular formula is C10H18O2. The first-order valence-corrected chi connectivity index (χ1v) is 5.00. The van der Waals surface area contributed by atoms with E-state index in [1.54, 1.807) is 7.11 Å². The highest BCUT2D eigenvalue weighted by atomic mass is 16.5. The Labute approximate surface area is 73.9 Å². The zero-order chi connectivity index (χ0) is 8.60. The van der Waals surface area contributed by atoms with E-state index in [9.17, 15) is 5.11 Å². The Morgan fingerprint density at radius 1 is 1.42 bits per heavy atom. The van der Waals surface area contributed by atoms with Crippen molar-refractivity contribution in [1.29, 1.82) is 0 Å². The van der Waals surface area contributed by atoms with Gasteiger partial charge in [-0.3, -0.25) is 0 Å². The molecule has 70 valence electrons. The SMILES string of the molecule is COCCCC1(O)C2CCCC21. The van der Waals surface area contributed by atoms with Crippen molar-refractivity contribution in [3.05, 3.63) is 0 Å². The first kappa shape index (κ1) is 8.52. The van der Waals surface area contributed by atoms with Crippen LogP contribution in [0.3, 0.4) is 0 Å². The predicted molar refractivity (Wildman–Crippen MR) is 46.9 cm³/mol. The molecule has 2 unspecified atom stereocenters. The molecule has 0 aromatic rings. The van der Waals surface area contributed by atoms with Gasteiger partial charge in [0, 0.05) is 13.7 Å². The van der Waals surface area contributed by atoms with Crippen molar-refractivity contribution in [2.45, 2.75) is 37.7 Å². The van der Waals surface area contributed by atoms with Gasteiger partial charge >= 0.3 is 0 Å². The fourth-order valence-electron chi connectivity index (χ4n) is 2.92. The predicted octanol–water partition coefficient (Wildman–Crippen LogP) is 1.57. The summed E-state index contributed by atoms with van der Waals surface area (Å²) in [7, 11) is 1.72. The average molecular weight is 170 g/mol. The van der Waals surface area contributed by atoms with Gasteiger partial charge in [-0.05, 0) is 37.5 Å². The molecule has 2 aliphatic carbocycles. The van der Waals surface area contributed by atoms with Crippen molar-refractivity contribution in [2.75, 3.05) is 13.7 Å². The van der Waals surface area contributed by atoms with Crippen LogP contribution in [-0.4, -0.2) is 24.4 Å². The number of methoxy groups -OCH3 is 1. The van der Waals surface area contributed by atoms with Crippen LogP contribution in [0.15, 0.2) is 0 Å². The van der Waals surface area contributed by atoms with Crippen LogP contribution < -0.4 is 0 Å².